The molecule has 0 bridgehead atoms. The predicted octanol–water partition coefficient (Wildman–Crippen LogP) is 3.24. The standard InChI is InChI=1S/C9H15ClN2/c1-6(2)8-5-11-12(7(3)4)9(8)10/h5-7H,1-4H3. The molecule has 0 aliphatic carbocycles. The highest BCUT2D eigenvalue weighted by atomic mass is 35.5. The quantitative estimate of drug-likeness (QED) is 0.694. The molecule has 0 aromatic carbocycles. The maximum absolute atomic E-state index is 6.11. The molecule has 0 spiro atoms. The van der Waals surface area contributed by atoms with Gasteiger partial charge in [-0.25, -0.2) is 0 Å². The highest BCUT2D eigenvalue weighted by Crippen LogP contribution is 2.25. The van der Waals surface area contributed by atoms with Crippen LogP contribution in [0, 0.1) is 0 Å². The van der Waals surface area contributed by atoms with Crippen LogP contribution in [0.5, 0.6) is 0 Å². The number of hydrogen-bond acceptors (Lipinski definition) is 1. The van der Waals surface area contributed by atoms with E-state index in [1.165, 1.54) is 0 Å². The van der Waals surface area contributed by atoms with Gasteiger partial charge in [-0.1, -0.05) is 25.4 Å². The first-order valence-electron chi connectivity index (χ1n) is 4.27. The van der Waals surface area contributed by atoms with Crippen LogP contribution in [0.15, 0.2) is 6.20 Å². The summed E-state index contributed by atoms with van der Waals surface area (Å²) in [6, 6.07) is 0.338. The van der Waals surface area contributed by atoms with E-state index in [2.05, 4.69) is 32.8 Å². The lowest BCUT2D eigenvalue weighted by atomic mass is 10.1. The van der Waals surface area contributed by atoms with Crippen molar-refractivity contribution in [1.82, 2.24) is 9.78 Å². The largest absolute Gasteiger partial charge is 0.251 e. The molecule has 68 valence electrons. The molecule has 1 rings (SSSR count). The summed E-state index contributed by atoms with van der Waals surface area (Å²) in [5.41, 5.74) is 1.13. The van der Waals surface area contributed by atoms with Crippen molar-refractivity contribution in [3.8, 4) is 0 Å². The van der Waals surface area contributed by atoms with Gasteiger partial charge >= 0.3 is 0 Å². The molecule has 0 N–H and O–H groups in total. The van der Waals surface area contributed by atoms with Crippen molar-refractivity contribution in [3.63, 3.8) is 0 Å². The van der Waals surface area contributed by atoms with E-state index < -0.39 is 0 Å². The zero-order valence-corrected chi connectivity index (χ0v) is 8.76. The Labute approximate surface area is 78.5 Å². The number of hydrogen-bond donors (Lipinski definition) is 0. The van der Waals surface area contributed by atoms with E-state index in [0.29, 0.717) is 12.0 Å². The summed E-state index contributed by atoms with van der Waals surface area (Å²) in [5, 5.41) is 5.00. The molecule has 0 aliphatic heterocycles. The van der Waals surface area contributed by atoms with E-state index >= 15 is 0 Å². The minimum Gasteiger partial charge on any atom is -0.251 e. The molecule has 0 unspecified atom stereocenters. The normalized spacial score (nSPS) is 11.6. The fraction of sp³-hybridized carbons (Fsp3) is 0.667. The van der Waals surface area contributed by atoms with E-state index in [1.807, 2.05) is 10.9 Å². The second-order valence-corrected chi connectivity index (χ2v) is 3.94. The molecule has 0 aliphatic rings. The molecule has 0 amide bonds. The number of rotatable bonds is 2. The summed E-state index contributed by atoms with van der Waals surface area (Å²) in [7, 11) is 0. The van der Waals surface area contributed by atoms with Gasteiger partial charge in [0.25, 0.3) is 0 Å². The molecule has 0 radical (unpaired) electrons. The minimum atomic E-state index is 0.338. The van der Waals surface area contributed by atoms with Crippen LogP contribution in [-0.4, -0.2) is 9.78 Å². The number of aromatic nitrogens is 2. The van der Waals surface area contributed by atoms with Gasteiger partial charge < -0.3 is 0 Å². The third-order valence-electron chi connectivity index (χ3n) is 1.87. The van der Waals surface area contributed by atoms with Crippen LogP contribution >= 0.6 is 11.6 Å². The Morgan fingerprint density at radius 2 is 1.92 bits per heavy atom. The lowest BCUT2D eigenvalue weighted by Crippen LogP contribution is -2.02. The molecule has 0 saturated carbocycles. The molecular weight excluding hydrogens is 172 g/mol. The average molecular weight is 187 g/mol. The summed E-state index contributed by atoms with van der Waals surface area (Å²) < 4.78 is 1.84. The molecule has 0 atom stereocenters. The van der Waals surface area contributed by atoms with Gasteiger partial charge in [-0.3, -0.25) is 4.68 Å². The smallest absolute Gasteiger partial charge is 0.130 e. The fourth-order valence-corrected chi connectivity index (χ4v) is 1.61. The first-order valence-corrected chi connectivity index (χ1v) is 4.64. The lowest BCUT2D eigenvalue weighted by Gasteiger charge is -2.07. The van der Waals surface area contributed by atoms with Crippen LogP contribution in [0.25, 0.3) is 0 Å². The Balaban J connectivity index is 3.04. The number of halogens is 1. The van der Waals surface area contributed by atoms with Gasteiger partial charge in [0.05, 0.1) is 6.20 Å². The lowest BCUT2D eigenvalue weighted by molar-refractivity contribution is 0.532. The second-order valence-electron chi connectivity index (χ2n) is 3.58. The van der Waals surface area contributed by atoms with Gasteiger partial charge in [0.2, 0.25) is 0 Å². The molecule has 0 fully saturated rings. The second kappa shape index (κ2) is 3.48. The topological polar surface area (TPSA) is 17.8 Å². The summed E-state index contributed by atoms with van der Waals surface area (Å²) in [6.07, 6.45) is 1.85. The zero-order chi connectivity index (χ0) is 9.30. The Kier molecular flexibility index (Phi) is 2.78. The third-order valence-corrected chi connectivity index (χ3v) is 2.26. The predicted molar refractivity (Wildman–Crippen MR) is 51.7 cm³/mol. The zero-order valence-electron chi connectivity index (χ0n) is 8.00. The Morgan fingerprint density at radius 1 is 1.33 bits per heavy atom. The van der Waals surface area contributed by atoms with E-state index in [0.717, 1.165) is 10.7 Å². The Hall–Kier alpha value is -0.500. The first-order chi connectivity index (χ1) is 5.54. The maximum atomic E-state index is 6.11. The first kappa shape index (κ1) is 9.59. The van der Waals surface area contributed by atoms with Gasteiger partial charge in [-0.05, 0) is 19.8 Å². The van der Waals surface area contributed by atoms with Crippen molar-refractivity contribution in [2.45, 2.75) is 39.7 Å². The van der Waals surface area contributed by atoms with Crippen LogP contribution in [0.3, 0.4) is 0 Å². The van der Waals surface area contributed by atoms with E-state index in [9.17, 15) is 0 Å². The molecule has 1 aromatic heterocycles. The van der Waals surface area contributed by atoms with E-state index in [4.69, 9.17) is 11.6 Å². The highest BCUT2D eigenvalue weighted by molar-refractivity contribution is 6.30. The molecule has 0 saturated heterocycles. The molecule has 1 heterocycles. The van der Waals surface area contributed by atoms with Crippen molar-refractivity contribution in [2.24, 2.45) is 0 Å². The van der Waals surface area contributed by atoms with Crippen LogP contribution in [0.2, 0.25) is 5.15 Å². The SMILES string of the molecule is CC(C)c1cnn(C(C)C)c1Cl. The summed E-state index contributed by atoms with van der Waals surface area (Å²) in [4.78, 5) is 0. The summed E-state index contributed by atoms with van der Waals surface area (Å²) in [6.45, 7) is 8.38. The fourth-order valence-electron chi connectivity index (χ4n) is 1.11. The summed E-state index contributed by atoms with van der Waals surface area (Å²) >= 11 is 6.11. The van der Waals surface area contributed by atoms with E-state index in [-0.39, 0.29) is 0 Å². The third kappa shape index (κ3) is 1.63. The van der Waals surface area contributed by atoms with Gasteiger partial charge in [0, 0.05) is 11.6 Å². The van der Waals surface area contributed by atoms with Crippen molar-refractivity contribution in [2.75, 3.05) is 0 Å². The van der Waals surface area contributed by atoms with Gasteiger partial charge in [-0.15, -0.1) is 0 Å². The van der Waals surface area contributed by atoms with E-state index in [1.54, 1.807) is 0 Å². The Bertz CT molecular complexity index is 238. The van der Waals surface area contributed by atoms with Crippen molar-refractivity contribution >= 4 is 11.6 Å². The molecular formula is C9H15ClN2. The monoisotopic (exact) mass is 186 g/mol. The molecule has 12 heavy (non-hydrogen) atoms. The van der Waals surface area contributed by atoms with Gasteiger partial charge in [-0.2, -0.15) is 5.10 Å². The average Bonchev–Trinajstić information content (AvgIpc) is 2.30. The molecule has 2 nitrogen and oxygen atoms in total. The van der Waals surface area contributed by atoms with Crippen molar-refractivity contribution < 1.29 is 0 Å². The van der Waals surface area contributed by atoms with Crippen molar-refractivity contribution in [1.29, 1.82) is 0 Å². The molecule has 1 aromatic rings. The van der Waals surface area contributed by atoms with Gasteiger partial charge in [0.1, 0.15) is 5.15 Å². The Morgan fingerprint density at radius 3 is 2.17 bits per heavy atom. The molecule has 3 heteroatoms. The van der Waals surface area contributed by atoms with Crippen LogP contribution < -0.4 is 0 Å². The minimum absolute atomic E-state index is 0.338. The van der Waals surface area contributed by atoms with Crippen LogP contribution in [0.4, 0.5) is 0 Å². The summed E-state index contributed by atoms with van der Waals surface area (Å²) in [5.74, 6) is 0.449. The number of nitrogens with zero attached hydrogens (tertiary/aromatic N) is 2. The van der Waals surface area contributed by atoms with Crippen LogP contribution in [-0.2, 0) is 0 Å². The van der Waals surface area contributed by atoms with Gasteiger partial charge in [0.15, 0.2) is 0 Å². The maximum Gasteiger partial charge on any atom is 0.130 e. The van der Waals surface area contributed by atoms with Crippen molar-refractivity contribution in [3.05, 3.63) is 16.9 Å². The van der Waals surface area contributed by atoms with Crippen LogP contribution in [0.1, 0.15) is 45.2 Å². The highest BCUT2D eigenvalue weighted by Gasteiger charge is 2.12.